The van der Waals surface area contributed by atoms with Crippen molar-refractivity contribution < 1.29 is 4.79 Å². The number of amides is 1. The lowest BCUT2D eigenvalue weighted by molar-refractivity contribution is 0.0954. The van der Waals surface area contributed by atoms with Gasteiger partial charge in [0, 0.05) is 42.2 Å². The molecule has 0 atom stereocenters. The predicted octanol–water partition coefficient (Wildman–Crippen LogP) is 4.87. The summed E-state index contributed by atoms with van der Waals surface area (Å²) < 4.78 is 3.42. The molecule has 29 heavy (non-hydrogen) atoms. The van der Waals surface area contributed by atoms with E-state index in [4.69, 9.17) is 0 Å². The van der Waals surface area contributed by atoms with Crippen molar-refractivity contribution in [3.05, 3.63) is 89.7 Å². The van der Waals surface area contributed by atoms with E-state index in [9.17, 15) is 4.79 Å². The first-order valence-corrected chi connectivity index (χ1v) is 10.8. The zero-order valence-electron chi connectivity index (χ0n) is 16.9. The van der Waals surface area contributed by atoms with E-state index in [1.165, 1.54) is 5.56 Å². The lowest BCUT2D eigenvalue weighted by atomic mass is 9.95. The molecule has 1 heterocycles. The van der Waals surface area contributed by atoms with Crippen LogP contribution in [-0.4, -0.2) is 22.7 Å². The summed E-state index contributed by atoms with van der Waals surface area (Å²) in [6.07, 6.45) is 2.48. The number of nitrogens with one attached hydrogen (secondary N) is 2. The van der Waals surface area contributed by atoms with Crippen LogP contribution < -0.4 is 10.0 Å². The molecule has 3 aromatic rings. The molecule has 0 aliphatic heterocycles. The highest BCUT2D eigenvalue weighted by atomic mass is 32.2. The van der Waals surface area contributed by atoms with Gasteiger partial charge in [-0.25, -0.2) is 0 Å². The summed E-state index contributed by atoms with van der Waals surface area (Å²) in [5.74, 6) is -0.0594. The minimum atomic E-state index is -0.0594. The summed E-state index contributed by atoms with van der Waals surface area (Å²) in [6, 6.07) is 21.9. The summed E-state index contributed by atoms with van der Waals surface area (Å²) in [5, 5.41) is 3.55. The Morgan fingerprint density at radius 1 is 0.966 bits per heavy atom. The van der Waals surface area contributed by atoms with Crippen LogP contribution in [0.5, 0.6) is 0 Å². The number of rotatable bonds is 9. The summed E-state index contributed by atoms with van der Waals surface area (Å²) >= 11 is 1.71. The lowest BCUT2D eigenvalue weighted by Crippen LogP contribution is -2.26. The van der Waals surface area contributed by atoms with Gasteiger partial charge in [-0.2, -0.15) is 0 Å². The molecule has 0 fully saturated rings. The Hall–Kier alpha value is -2.63. The Morgan fingerprint density at radius 3 is 2.45 bits per heavy atom. The molecule has 0 aliphatic rings. The summed E-state index contributed by atoms with van der Waals surface area (Å²) in [5.41, 5.74) is 4.88. The van der Waals surface area contributed by atoms with Crippen LogP contribution in [0.4, 0.5) is 0 Å². The molecule has 1 amide bonds. The summed E-state index contributed by atoms with van der Waals surface area (Å²) in [4.78, 5) is 17.2. The Kier molecular flexibility index (Phi) is 7.85. The molecule has 5 heteroatoms. The first kappa shape index (κ1) is 21.1. The van der Waals surface area contributed by atoms with E-state index in [-0.39, 0.29) is 5.91 Å². The van der Waals surface area contributed by atoms with E-state index in [1.807, 2.05) is 54.6 Å². The van der Waals surface area contributed by atoms with Gasteiger partial charge in [-0.05, 0) is 34.9 Å². The number of benzene rings is 2. The Balaban J connectivity index is 1.74. The molecule has 0 bridgehead atoms. The SMILES string of the molecule is CC(C)SNCc1ccccc1-c1ccccc1C(=O)NCCc1ccccn1. The van der Waals surface area contributed by atoms with E-state index in [1.54, 1.807) is 18.1 Å². The van der Waals surface area contributed by atoms with Gasteiger partial charge in [0.1, 0.15) is 0 Å². The minimum Gasteiger partial charge on any atom is -0.352 e. The van der Waals surface area contributed by atoms with Crippen molar-refractivity contribution in [1.29, 1.82) is 0 Å². The van der Waals surface area contributed by atoms with Crippen LogP contribution in [0.2, 0.25) is 0 Å². The van der Waals surface area contributed by atoms with Crippen molar-refractivity contribution in [3.63, 3.8) is 0 Å². The maximum absolute atomic E-state index is 12.9. The highest BCUT2D eigenvalue weighted by molar-refractivity contribution is 7.97. The molecule has 2 N–H and O–H groups in total. The average molecular weight is 406 g/mol. The van der Waals surface area contributed by atoms with Crippen molar-refractivity contribution in [2.45, 2.75) is 32.1 Å². The van der Waals surface area contributed by atoms with Crippen LogP contribution in [-0.2, 0) is 13.0 Å². The van der Waals surface area contributed by atoms with Crippen LogP contribution in [0.25, 0.3) is 11.1 Å². The van der Waals surface area contributed by atoms with Gasteiger partial charge in [0.25, 0.3) is 5.91 Å². The number of pyridine rings is 1. The first-order valence-electron chi connectivity index (χ1n) is 9.89. The van der Waals surface area contributed by atoms with E-state index < -0.39 is 0 Å². The number of aromatic nitrogens is 1. The Labute approximate surface area is 177 Å². The average Bonchev–Trinajstić information content (AvgIpc) is 2.74. The number of nitrogens with zero attached hydrogens (tertiary/aromatic N) is 1. The second-order valence-electron chi connectivity index (χ2n) is 7.02. The van der Waals surface area contributed by atoms with Crippen LogP contribution in [0.3, 0.4) is 0 Å². The van der Waals surface area contributed by atoms with Crippen LogP contribution in [0.15, 0.2) is 72.9 Å². The van der Waals surface area contributed by atoms with Gasteiger partial charge >= 0.3 is 0 Å². The highest BCUT2D eigenvalue weighted by Gasteiger charge is 2.14. The fourth-order valence-corrected chi connectivity index (χ4v) is 3.66. The molecule has 1 aromatic heterocycles. The second kappa shape index (κ2) is 10.8. The maximum Gasteiger partial charge on any atom is 0.251 e. The van der Waals surface area contributed by atoms with Gasteiger partial charge in [0.05, 0.1) is 0 Å². The fourth-order valence-electron chi connectivity index (χ4n) is 3.08. The predicted molar refractivity (Wildman–Crippen MR) is 122 cm³/mol. The van der Waals surface area contributed by atoms with Crippen molar-refractivity contribution in [1.82, 2.24) is 15.0 Å². The third kappa shape index (κ3) is 6.17. The molecule has 0 radical (unpaired) electrons. The summed E-state index contributed by atoms with van der Waals surface area (Å²) in [7, 11) is 0. The van der Waals surface area contributed by atoms with Crippen LogP contribution in [0, 0.1) is 0 Å². The molecule has 0 spiro atoms. The maximum atomic E-state index is 12.9. The quantitative estimate of drug-likeness (QED) is 0.499. The smallest absolute Gasteiger partial charge is 0.251 e. The second-order valence-corrected chi connectivity index (χ2v) is 8.48. The lowest BCUT2D eigenvalue weighted by Gasteiger charge is -2.15. The van der Waals surface area contributed by atoms with Crippen molar-refractivity contribution in [2.75, 3.05) is 6.54 Å². The van der Waals surface area contributed by atoms with Crippen LogP contribution >= 0.6 is 11.9 Å². The molecule has 0 saturated heterocycles. The van der Waals surface area contributed by atoms with Crippen LogP contribution in [0.1, 0.15) is 35.5 Å². The molecule has 0 aliphatic carbocycles. The fraction of sp³-hybridized carbons (Fsp3) is 0.250. The first-order chi connectivity index (χ1) is 14.1. The summed E-state index contributed by atoms with van der Waals surface area (Å²) in [6.45, 7) is 5.62. The zero-order chi connectivity index (χ0) is 20.5. The third-order valence-corrected chi connectivity index (χ3v) is 5.24. The van der Waals surface area contributed by atoms with Gasteiger partial charge in [0.2, 0.25) is 0 Å². The van der Waals surface area contributed by atoms with E-state index in [2.05, 4.69) is 41.0 Å². The van der Waals surface area contributed by atoms with Crippen molar-refractivity contribution >= 4 is 17.9 Å². The number of carbonyl (C=O) groups is 1. The number of carbonyl (C=O) groups excluding carboxylic acids is 1. The van der Waals surface area contributed by atoms with E-state index in [0.29, 0.717) is 23.8 Å². The molecule has 4 nitrogen and oxygen atoms in total. The van der Waals surface area contributed by atoms with Gasteiger partial charge in [-0.3, -0.25) is 14.5 Å². The van der Waals surface area contributed by atoms with Crippen molar-refractivity contribution in [3.8, 4) is 11.1 Å². The van der Waals surface area contributed by atoms with Gasteiger partial charge in [0.15, 0.2) is 0 Å². The molecule has 0 saturated carbocycles. The largest absolute Gasteiger partial charge is 0.352 e. The topological polar surface area (TPSA) is 54.0 Å². The van der Waals surface area contributed by atoms with Gasteiger partial charge in [-0.15, -0.1) is 0 Å². The third-order valence-electron chi connectivity index (χ3n) is 4.45. The zero-order valence-corrected chi connectivity index (χ0v) is 17.7. The molecule has 0 unspecified atom stereocenters. The Morgan fingerprint density at radius 2 is 1.69 bits per heavy atom. The molecule has 3 rings (SSSR count). The standard InChI is InChI=1S/C24H27N3OS/c1-18(2)29-27-17-19-9-3-4-11-21(19)22-12-5-6-13-23(22)24(28)26-16-14-20-10-7-8-15-25-20/h3-13,15,18,27H,14,16-17H2,1-2H3,(H,26,28). The molecular formula is C24H27N3OS. The number of hydrogen-bond acceptors (Lipinski definition) is 4. The highest BCUT2D eigenvalue weighted by Crippen LogP contribution is 2.27. The van der Waals surface area contributed by atoms with E-state index in [0.717, 1.165) is 23.4 Å². The molecule has 150 valence electrons. The minimum absolute atomic E-state index is 0.0594. The van der Waals surface area contributed by atoms with Crippen molar-refractivity contribution in [2.24, 2.45) is 0 Å². The normalized spacial score (nSPS) is 10.9. The van der Waals surface area contributed by atoms with E-state index >= 15 is 0 Å². The molecular weight excluding hydrogens is 378 g/mol. The monoisotopic (exact) mass is 405 g/mol. The van der Waals surface area contributed by atoms with Gasteiger partial charge < -0.3 is 5.32 Å². The number of hydrogen-bond donors (Lipinski definition) is 2. The molecule has 2 aromatic carbocycles. The Bertz CT molecular complexity index is 928. The van der Waals surface area contributed by atoms with Gasteiger partial charge in [-0.1, -0.05) is 74.3 Å².